The highest BCUT2D eigenvalue weighted by atomic mass is 16.6. The summed E-state index contributed by atoms with van der Waals surface area (Å²) in [5.41, 5.74) is 2.95. The van der Waals surface area contributed by atoms with Crippen LogP contribution in [0.4, 0.5) is 0 Å². The molecule has 0 bridgehead atoms. The molecule has 0 fully saturated rings. The number of hydrogen-bond donors (Lipinski definition) is 1. The van der Waals surface area contributed by atoms with Crippen LogP contribution in [0.1, 0.15) is 35.3 Å². The fraction of sp³-hybridized carbons (Fsp3) is 0.381. The summed E-state index contributed by atoms with van der Waals surface area (Å²) in [6.45, 7) is 8.95. The monoisotopic (exact) mass is 354 g/mol. The second-order valence-corrected chi connectivity index (χ2v) is 6.32. The van der Waals surface area contributed by atoms with Crippen molar-refractivity contribution in [2.45, 2.75) is 26.9 Å². The minimum atomic E-state index is -0.116. The maximum absolute atomic E-state index is 12.4. The number of hydrogen-bond acceptors (Lipinski definition) is 4. The predicted molar refractivity (Wildman–Crippen MR) is 102 cm³/mol. The van der Waals surface area contributed by atoms with E-state index in [1.165, 1.54) is 5.56 Å². The van der Waals surface area contributed by atoms with Gasteiger partial charge in [0.1, 0.15) is 13.2 Å². The van der Waals surface area contributed by atoms with Gasteiger partial charge in [-0.1, -0.05) is 38.1 Å². The highest BCUT2D eigenvalue weighted by molar-refractivity contribution is 5.94. The molecule has 138 valence electrons. The van der Waals surface area contributed by atoms with Crippen LogP contribution in [-0.2, 0) is 13.1 Å². The smallest absolute Gasteiger partial charge is 0.251 e. The average Bonchev–Trinajstić information content (AvgIpc) is 2.70. The largest absolute Gasteiger partial charge is 0.486 e. The first kappa shape index (κ1) is 18.3. The molecule has 0 spiro atoms. The fourth-order valence-corrected chi connectivity index (χ4v) is 2.94. The fourth-order valence-electron chi connectivity index (χ4n) is 2.94. The van der Waals surface area contributed by atoms with Crippen molar-refractivity contribution in [2.75, 3.05) is 26.3 Å². The molecular formula is C21H26N2O3. The van der Waals surface area contributed by atoms with E-state index in [0.717, 1.165) is 25.2 Å². The van der Waals surface area contributed by atoms with Crippen molar-refractivity contribution in [1.82, 2.24) is 10.2 Å². The van der Waals surface area contributed by atoms with Gasteiger partial charge in [0.2, 0.25) is 0 Å². The Morgan fingerprint density at radius 3 is 2.31 bits per heavy atom. The number of carbonyl (C=O) groups excluding carboxylic acids is 1. The summed E-state index contributed by atoms with van der Waals surface area (Å²) in [6.07, 6.45) is 0. The van der Waals surface area contributed by atoms with Crippen molar-refractivity contribution in [2.24, 2.45) is 0 Å². The van der Waals surface area contributed by atoms with E-state index in [0.29, 0.717) is 36.8 Å². The third kappa shape index (κ3) is 4.55. The van der Waals surface area contributed by atoms with Crippen LogP contribution in [0.3, 0.4) is 0 Å². The van der Waals surface area contributed by atoms with E-state index in [1.807, 2.05) is 0 Å². The van der Waals surface area contributed by atoms with Gasteiger partial charge >= 0.3 is 0 Å². The van der Waals surface area contributed by atoms with E-state index < -0.39 is 0 Å². The number of nitrogens with one attached hydrogen (secondary N) is 1. The zero-order valence-corrected chi connectivity index (χ0v) is 15.5. The lowest BCUT2D eigenvalue weighted by atomic mass is 10.1. The van der Waals surface area contributed by atoms with Crippen LogP contribution in [0.25, 0.3) is 0 Å². The minimum absolute atomic E-state index is 0.116. The molecule has 3 rings (SSSR count). The molecule has 1 amide bonds. The first-order chi connectivity index (χ1) is 12.7. The van der Waals surface area contributed by atoms with E-state index >= 15 is 0 Å². The molecule has 0 atom stereocenters. The lowest BCUT2D eigenvalue weighted by Crippen LogP contribution is -2.24. The summed E-state index contributed by atoms with van der Waals surface area (Å²) < 4.78 is 11.0. The van der Waals surface area contributed by atoms with Crippen molar-refractivity contribution >= 4 is 5.91 Å². The van der Waals surface area contributed by atoms with Gasteiger partial charge < -0.3 is 14.8 Å². The van der Waals surface area contributed by atoms with E-state index in [-0.39, 0.29) is 5.91 Å². The van der Waals surface area contributed by atoms with Gasteiger partial charge in [-0.25, -0.2) is 0 Å². The molecule has 0 unspecified atom stereocenters. The number of ether oxygens (including phenoxy) is 2. The first-order valence-corrected chi connectivity index (χ1v) is 9.17. The molecule has 0 saturated carbocycles. The minimum Gasteiger partial charge on any atom is -0.486 e. The van der Waals surface area contributed by atoms with Crippen LogP contribution in [0, 0.1) is 0 Å². The number of benzene rings is 2. The highest BCUT2D eigenvalue weighted by Gasteiger charge is 2.14. The average molecular weight is 354 g/mol. The van der Waals surface area contributed by atoms with Crippen LogP contribution in [0.5, 0.6) is 11.5 Å². The number of rotatable bonds is 7. The Labute approximate surface area is 154 Å². The maximum Gasteiger partial charge on any atom is 0.251 e. The summed E-state index contributed by atoms with van der Waals surface area (Å²) in [5, 5.41) is 2.96. The molecule has 0 saturated heterocycles. The van der Waals surface area contributed by atoms with Gasteiger partial charge in [0.05, 0.1) is 0 Å². The topological polar surface area (TPSA) is 50.8 Å². The van der Waals surface area contributed by atoms with Crippen LogP contribution in [-0.4, -0.2) is 37.1 Å². The molecule has 2 aromatic carbocycles. The Kier molecular flexibility index (Phi) is 6.12. The van der Waals surface area contributed by atoms with E-state index in [2.05, 4.69) is 48.3 Å². The lowest BCUT2D eigenvalue weighted by Gasteiger charge is -2.19. The number of nitrogens with zero attached hydrogens (tertiary/aromatic N) is 1. The molecule has 0 radical (unpaired) electrons. The summed E-state index contributed by atoms with van der Waals surface area (Å²) >= 11 is 0. The maximum atomic E-state index is 12.4. The Hall–Kier alpha value is -2.53. The van der Waals surface area contributed by atoms with Gasteiger partial charge in [-0.15, -0.1) is 0 Å². The lowest BCUT2D eigenvalue weighted by molar-refractivity contribution is 0.0949. The van der Waals surface area contributed by atoms with Gasteiger partial charge in [0.25, 0.3) is 5.91 Å². The SMILES string of the molecule is CCN(CC)Cc1ccc(CNC(=O)c2ccc3c(c2)OCCO3)cc1. The van der Waals surface area contributed by atoms with Gasteiger partial charge in [0, 0.05) is 18.7 Å². The molecule has 5 heteroatoms. The number of amides is 1. The van der Waals surface area contributed by atoms with E-state index in [1.54, 1.807) is 18.2 Å². The van der Waals surface area contributed by atoms with Crippen molar-refractivity contribution in [1.29, 1.82) is 0 Å². The van der Waals surface area contributed by atoms with Gasteiger partial charge in [-0.2, -0.15) is 0 Å². The second-order valence-electron chi connectivity index (χ2n) is 6.32. The summed E-state index contributed by atoms with van der Waals surface area (Å²) in [6, 6.07) is 13.7. The van der Waals surface area contributed by atoms with Gasteiger partial charge in [-0.05, 0) is 42.4 Å². The Morgan fingerprint density at radius 1 is 0.962 bits per heavy atom. The van der Waals surface area contributed by atoms with Crippen molar-refractivity contribution in [3.05, 3.63) is 59.2 Å². The Balaban J connectivity index is 1.56. The molecule has 1 heterocycles. The Morgan fingerprint density at radius 2 is 1.62 bits per heavy atom. The number of carbonyl (C=O) groups is 1. The third-order valence-electron chi connectivity index (χ3n) is 4.58. The predicted octanol–water partition coefficient (Wildman–Crippen LogP) is 3.23. The molecule has 26 heavy (non-hydrogen) atoms. The van der Waals surface area contributed by atoms with Gasteiger partial charge in [0.15, 0.2) is 11.5 Å². The van der Waals surface area contributed by atoms with E-state index in [4.69, 9.17) is 9.47 Å². The Bertz CT molecular complexity index is 739. The van der Waals surface area contributed by atoms with Crippen LogP contribution in [0.2, 0.25) is 0 Å². The standard InChI is InChI=1S/C21H26N2O3/c1-3-23(4-2)15-17-7-5-16(6-8-17)14-22-21(24)18-9-10-19-20(13-18)26-12-11-25-19/h5-10,13H,3-4,11-12,14-15H2,1-2H3,(H,22,24). The van der Waals surface area contributed by atoms with Crippen molar-refractivity contribution < 1.29 is 14.3 Å². The highest BCUT2D eigenvalue weighted by Crippen LogP contribution is 2.30. The molecule has 0 aliphatic carbocycles. The zero-order chi connectivity index (χ0) is 18.4. The van der Waals surface area contributed by atoms with Gasteiger partial charge in [-0.3, -0.25) is 9.69 Å². The zero-order valence-electron chi connectivity index (χ0n) is 15.5. The molecular weight excluding hydrogens is 328 g/mol. The van der Waals surface area contributed by atoms with Crippen LogP contribution < -0.4 is 14.8 Å². The summed E-state index contributed by atoms with van der Waals surface area (Å²) in [4.78, 5) is 14.8. The third-order valence-corrected chi connectivity index (χ3v) is 4.58. The first-order valence-electron chi connectivity index (χ1n) is 9.17. The van der Waals surface area contributed by atoms with Crippen LogP contribution >= 0.6 is 0 Å². The molecule has 1 aliphatic heterocycles. The normalized spacial score (nSPS) is 12.9. The second kappa shape index (κ2) is 8.72. The number of fused-ring (bicyclic) bond motifs is 1. The van der Waals surface area contributed by atoms with E-state index in [9.17, 15) is 4.79 Å². The molecule has 2 aromatic rings. The summed E-state index contributed by atoms with van der Waals surface area (Å²) in [7, 11) is 0. The molecule has 5 nitrogen and oxygen atoms in total. The van der Waals surface area contributed by atoms with Crippen molar-refractivity contribution in [3.63, 3.8) is 0 Å². The summed E-state index contributed by atoms with van der Waals surface area (Å²) in [5.74, 6) is 1.20. The molecule has 1 N–H and O–H groups in total. The molecule has 1 aliphatic rings. The van der Waals surface area contributed by atoms with Crippen molar-refractivity contribution in [3.8, 4) is 11.5 Å². The van der Waals surface area contributed by atoms with Crippen LogP contribution in [0.15, 0.2) is 42.5 Å². The molecule has 0 aromatic heterocycles. The quantitative estimate of drug-likeness (QED) is 0.829.